The van der Waals surface area contributed by atoms with Gasteiger partial charge in [0.1, 0.15) is 29.7 Å². The second-order valence-electron chi connectivity index (χ2n) is 8.85. The fourth-order valence-electron chi connectivity index (χ4n) is 4.26. The summed E-state index contributed by atoms with van der Waals surface area (Å²) in [5.41, 5.74) is 4.57. The van der Waals surface area contributed by atoms with E-state index in [2.05, 4.69) is 0 Å². The van der Waals surface area contributed by atoms with Gasteiger partial charge in [-0.15, -0.1) is 0 Å². The molecule has 5 rings (SSSR count). The van der Waals surface area contributed by atoms with E-state index in [4.69, 9.17) is 9.84 Å². The highest BCUT2D eigenvalue weighted by molar-refractivity contribution is 6.19. The zero-order valence-corrected chi connectivity index (χ0v) is 21.0. The first-order valence-corrected chi connectivity index (χ1v) is 12.0. The van der Waals surface area contributed by atoms with Crippen LogP contribution < -0.4 is 4.74 Å². The van der Waals surface area contributed by atoms with Gasteiger partial charge < -0.3 is 4.74 Å². The smallest absolute Gasteiger partial charge is 0.271 e. The molecule has 7 heteroatoms. The van der Waals surface area contributed by atoms with E-state index in [0.717, 1.165) is 21.7 Å². The van der Waals surface area contributed by atoms with Gasteiger partial charge in [0.05, 0.1) is 5.69 Å². The monoisotopic (exact) mass is 500 g/mol. The van der Waals surface area contributed by atoms with Crippen LogP contribution in [0.5, 0.6) is 5.75 Å². The van der Waals surface area contributed by atoms with Crippen LogP contribution in [-0.4, -0.2) is 33.5 Å². The Hall–Kier alpha value is -5.22. The summed E-state index contributed by atoms with van der Waals surface area (Å²) in [5.74, 6) is -0.387. The van der Waals surface area contributed by atoms with Gasteiger partial charge in [-0.2, -0.15) is 10.4 Å². The second-order valence-corrected chi connectivity index (χ2v) is 8.85. The van der Waals surface area contributed by atoms with Crippen molar-refractivity contribution < 1.29 is 14.3 Å². The van der Waals surface area contributed by atoms with Crippen molar-refractivity contribution in [1.29, 1.82) is 5.26 Å². The molecular formula is C31H24N4O3. The molecule has 2 heterocycles. The van der Waals surface area contributed by atoms with E-state index in [9.17, 15) is 14.9 Å². The largest absolute Gasteiger partial charge is 0.489 e. The molecule has 0 radical (unpaired) electrons. The number of aromatic nitrogens is 2. The fraction of sp³-hybridized carbons (Fsp3) is 0.0968. The number of rotatable bonds is 6. The molecule has 1 aromatic heterocycles. The molecule has 0 atom stereocenters. The molecular weight excluding hydrogens is 476 g/mol. The van der Waals surface area contributed by atoms with Crippen LogP contribution >= 0.6 is 0 Å². The van der Waals surface area contributed by atoms with Crippen LogP contribution in [0.2, 0.25) is 0 Å². The van der Waals surface area contributed by atoms with Crippen molar-refractivity contribution in [2.75, 3.05) is 7.05 Å². The SMILES string of the molecule is CC1=C(C#N)C(=O)N(C)C(=O)/C1=C/c1cn(-c2ccccc2)nc1-c1cccc(OCc2ccccc2)c1. The lowest BCUT2D eigenvalue weighted by atomic mass is 9.93. The quantitative estimate of drug-likeness (QED) is 0.263. The molecule has 0 unspecified atom stereocenters. The fourth-order valence-corrected chi connectivity index (χ4v) is 4.26. The lowest BCUT2D eigenvalue weighted by molar-refractivity contribution is -0.138. The number of ether oxygens (including phenoxy) is 1. The molecule has 0 saturated carbocycles. The topological polar surface area (TPSA) is 88.2 Å². The first kappa shape index (κ1) is 24.5. The number of hydrogen-bond acceptors (Lipinski definition) is 5. The Bertz CT molecular complexity index is 1630. The van der Waals surface area contributed by atoms with Gasteiger partial charge in [-0.3, -0.25) is 14.5 Å². The number of hydrogen-bond donors (Lipinski definition) is 0. The molecule has 3 aromatic carbocycles. The van der Waals surface area contributed by atoms with E-state index >= 15 is 0 Å². The van der Waals surface area contributed by atoms with Gasteiger partial charge in [0.25, 0.3) is 11.8 Å². The van der Waals surface area contributed by atoms with E-state index in [0.29, 0.717) is 29.2 Å². The van der Waals surface area contributed by atoms with E-state index in [1.165, 1.54) is 7.05 Å². The summed E-state index contributed by atoms with van der Waals surface area (Å²) in [6, 6.07) is 29.1. The molecule has 0 fully saturated rings. The van der Waals surface area contributed by atoms with Crippen LogP contribution in [0.15, 0.2) is 108 Å². The second kappa shape index (κ2) is 10.4. The maximum absolute atomic E-state index is 13.1. The zero-order chi connectivity index (χ0) is 26.6. The highest BCUT2D eigenvalue weighted by Crippen LogP contribution is 2.32. The number of amides is 2. The molecule has 0 aliphatic carbocycles. The van der Waals surface area contributed by atoms with Crippen molar-refractivity contribution in [2.24, 2.45) is 0 Å². The Morgan fingerprint density at radius 1 is 0.947 bits per heavy atom. The van der Waals surface area contributed by atoms with Crippen molar-refractivity contribution in [3.8, 4) is 28.8 Å². The highest BCUT2D eigenvalue weighted by Gasteiger charge is 2.33. The van der Waals surface area contributed by atoms with Crippen molar-refractivity contribution in [3.05, 3.63) is 119 Å². The third kappa shape index (κ3) is 4.75. The number of carbonyl (C=O) groups excluding carboxylic acids is 2. The number of para-hydroxylation sites is 1. The molecule has 1 aliphatic rings. The van der Waals surface area contributed by atoms with Gasteiger partial charge in [0.15, 0.2) is 0 Å². The maximum Gasteiger partial charge on any atom is 0.271 e. The number of nitriles is 1. The Kier molecular flexibility index (Phi) is 6.70. The van der Waals surface area contributed by atoms with Gasteiger partial charge in [-0.05, 0) is 48.4 Å². The summed E-state index contributed by atoms with van der Waals surface area (Å²) >= 11 is 0. The van der Waals surface area contributed by atoms with Crippen molar-refractivity contribution >= 4 is 17.9 Å². The van der Waals surface area contributed by atoms with Gasteiger partial charge in [0, 0.05) is 29.9 Å². The summed E-state index contributed by atoms with van der Waals surface area (Å²) in [6.45, 7) is 2.04. The van der Waals surface area contributed by atoms with E-state index in [-0.39, 0.29) is 11.1 Å². The molecule has 2 amide bonds. The number of likely N-dealkylation sites (N-methyl/N-ethyl adjacent to an activating group) is 1. The molecule has 0 spiro atoms. The molecule has 186 valence electrons. The van der Waals surface area contributed by atoms with Crippen molar-refractivity contribution in [2.45, 2.75) is 13.5 Å². The Balaban J connectivity index is 1.60. The first-order chi connectivity index (χ1) is 18.5. The van der Waals surface area contributed by atoms with Crippen molar-refractivity contribution in [1.82, 2.24) is 14.7 Å². The van der Waals surface area contributed by atoms with Crippen LogP contribution in [-0.2, 0) is 16.2 Å². The molecule has 0 N–H and O–H groups in total. The maximum atomic E-state index is 13.1. The molecule has 4 aromatic rings. The lowest BCUT2D eigenvalue weighted by Crippen LogP contribution is -2.39. The van der Waals surface area contributed by atoms with Gasteiger partial charge in [-0.1, -0.05) is 60.7 Å². The average molecular weight is 501 g/mol. The third-order valence-electron chi connectivity index (χ3n) is 6.36. The minimum Gasteiger partial charge on any atom is -0.489 e. The van der Waals surface area contributed by atoms with Crippen LogP contribution in [0, 0.1) is 11.3 Å². The van der Waals surface area contributed by atoms with Crippen LogP contribution in [0.25, 0.3) is 23.0 Å². The Morgan fingerprint density at radius 2 is 1.66 bits per heavy atom. The first-order valence-electron chi connectivity index (χ1n) is 12.0. The summed E-state index contributed by atoms with van der Waals surface area (Å²) in [5, 5.41) is 14.4. The van der Waals surface area contributed by atoms with Crippen molar-refractivity contribution in [3.63, 3.8) is 0 Å². The molecule has 0 saturated heterocycles. The van der Waals surface area contributed by atoms with Crippen LogP contribution in [0.3, 0.4) is 0 Å². The van der Waals surface area contributed by atoms with Crippen LogP contribution in [0.4, 0.5) is 0 Å². The zero-order valence-electron chi connectivity index (χ0n) is 21.0. The van der Waals surface area contributed by atoms with Gasteiger partial charge >= 0.3 is 0 Å². The minimum atomic E-state index is -0.601. The summed E-state index contributed by atoms with van der Waals surface area (Å²) in [7, 11) is 1.38. The van der Waals surface area contributed by atoms with Gasteiger partial charge in [-0.25, -0.2) is 4.68 Å². The molecule has 1 aliphatic heterocycles. The molecule has 38 heavy (non-hydrogen) atoms. The minimum absolute atomic E-state index is 0.0494. The predicted octanol–water partition coefficient (Wildman–Crippen LogP) is 5.34. The predicted molar refractivity (Wildman–Crippen MR) is 144 cm³/mol. The molecule has 7 nitrogen and oxygen atoms in total. The molecule has 0 bridgehead atoms. The van der Waals surface area contributed by atoms with E-state index in [1.54, 1.807) is 17.7 Å². The average Bonchev–Trinajstić information content (AvgIpc) is 3.39. The number of carbonyl (C=O) groups is 2. The highest BCUT2D eigenvalue weighted by atomic mass is 16.5. The summed E-state index contributed by atoms with van der Waals surface area (Å²) < 4.78 is 7.77. The lowest BCUT2D eigenvalue weighted by Gasteiger charge is -2.23. The van der Waals surface area contributed by atoms with E-state index in [1.807, 2.05) is 97.2 Å². The normalized spacial score (nSPS) is 14.7. The number of benzene rings is 3. The summed E-state index contributed by atoms with van der Waals surface area (Å²) in [4.78, 5) is 26.4. The number of nitrogens with zero attached hydrogens (tertiary/aromatic N) is 4. The van der Waals surface area contributed by atoms with Gasteiger partial charge in [0.2, 0.25) is 0 Å². The third-order valence-corrected chi connectivity index (χ3v) is 6.36. The Morgan fingerprint density at radius 3 is 2.37 bits per heavy atom. The van der Waals surface area contributed by atoms with Crippen LogP contribution in [0.1, 0.15) is 18.1 Å². The summed E-state index contributed by atoms with van der Waals surface area (Å²) in [6.07, 6.45) is 3.52. The number of imide groups is 1. The Labute approximate surface area is 220 Å². The van der Waals surface area contributed by atoms with E-state index < -0.39 is 11.8 Å². The standard InChI is InChI=1S/C31H24N4O3/c1-21-27(30(36)34(2)31(37)28(21)18-32)17-24-19-35(25-13-7-4-8-14-25)33-29(24)23-12-9-15-26(16-23)38-20-22-10-5-3-6-11-22/h3-17,19H,20H2,1-2H3/b27-17+.